The van der Waals surface area contributed by atoms with Crippen molar-refractivity contribution in [3.05, 3.63) is 77.1 Å². The van der Waals surface area contributed by atoms with E-state index in [1.54, 1.807) is 12.1 Å². The van der Waals surface area contributed by atoms with Crippen LogP contribution in [0.3, 0.4) is 0 Å². The highest BCUT2D eigenvalue weighted by molar-refractivity contribution is 6.31. The molecule has 0 aliphatic heterocycles. The normalized spacial score (nSPS) is 11.7. The fraction of sp³-hybridized carbons (Fsp3) is 0. The monoisotopic (exact) mass is 305 g/mol. The summed E-state index contributed by atoms with van der Waals surface area (Å²) in [6.45, 7) is 0. The molecule has 0 radical (unpaired) electrons. The van der Waals surface area contributed by atoms with Crippen LogP contribution in [0.4, 0.5) is 0 Å². The Morgan fingerprint density at radius 2 is 1.73 bits per heavy atom. The summed E-state index contributed by atoms with van der Waals surface area (Å²) in [5.74, 6) is 0.574. The van der Waals surface area contributed by atoms with E-state index in [1.165, 1.54) is 10.8 Å². The molecule has 4 aromatic rings. The Morgan fingerprint density at radius 3 is 2.64 bits per heavy atom. The van der Waals surface area contributed by atoms with Crippen molar-refractivity contribution in [1.82, 2.24) is 4.98 Å². The zero-order valence-corrected chi connectivity index (χ0v) is 12.4. The first kappa shape index (κ1) is 13.1. The van der Waals surface area contributed by atoms with Gasteiger partial charge in [-0.3, -0.25) is 0 Å². The van der Waals surface area contributed by atoms with Gasteiger partial charge in [-0.25, -0.2) is 4.98 Å². The van der Waals surface area contributed by atoms with Gasteiger partial charge in [-0.05, 0) is 46.7 Å². The van der Waals surface area contributed by atoms with Crippen LogP contribution < -0.4 is 0 Å². The van der Waals surface area contributed by atoms with Crippen LogP contribution in [0.25, 0.3) is 34.0 Å². The Morgan fingerprint density at radius 1 is 0.864 bits per heavy atom. The van der Waals surface area contributed by atoms with E-state index in [-0.39, 0.29) is 0 Å². The summed E-state index contributed by atoms with van der Waals surface area (Å²) in [5.41, 5.74) is 2.62. The second-order valence-corrected chi connectivity index (χ2v) is 5.54. The molecule has 0 saturated heterocycles. The number of hydrogen-bond donors (Lipinski definition) is 0. The number of aromatic nitrogens is 1. The van der Waals surface area contributed by atoms with Crippen molar-refractivity contribution < 1.29 is 4.42 Å². The SMILES string of the molecule is Clc1ccc2oc(/C=C/c3ccc4ccccc4c3)nc2c1. The highest BCUT2D eigenvalue weighted by Crippen LogP contribution is 2.22. The van der Waals surface area contributed by atoms with Crippen molar-refractivity contribution in [2.45, 2.75) is 0 Å². The molecule has 22 heavy (non-hydrogen) atoms. The van der Waals surface area contributed by atoms with Crippen LogP contribution in [0.1, 0.15) is 11.5 Å². The minimum atomic E-state index is 0.574. The van der Waals surface area contributed by atoms with E-state index in [4.69, 9.17) is 16.0 Å². The van der Waals surface area contributed by atoms with Gasteiger partial charge in [-0.15, -0.1) is 0 Å². The van der Waals surface area contributed by atoms with E-state index >= 15 is 0 Å². The Balaban J connectivity index is 1.68. The van der Waals surface area contributed by atoms with Gasteiger partial charge in [0.15, 0.2) is 5.58 Å². The van der Waals surface area contributed by atoms with Crippen LogP contribution in [-0.4, -0.2) is 4.98 Å². The lowest BCUT2D eigenvalue weighted by atomic mass is 10.1. The molecule has 0 fully saturated rings. The van der Waals surface area contributed by atoms with Gasteiger partial charge in [0.2, 0.25) is 5.89 Å². The fourth-order valence-electron chi connectivity index (χ4n) is 2.47. The minimum Gasteiger partial charge on any atom is -0.437 e. The molecule has 0 aliphatic rings. The number of oxazole rings is 1. The second kappa shape index (κ2) is 5.32. The largest absolute Gasteiger partial charge is 0.437 e. The lowest BCUT2D eigenvalue weighted by molar-refractivity contribution is 0.590. The number of hydrogen-bond acceptors (Lipinski definition) is 2. The van der Waals surface area contributed by atoms with Gasteiger partial charge in [-0.2, -0.15) is 0 Å². The molecule has 0 amide bonds. The van der Waals surface area contributed by atoms with Gasteiger partial charge >= 0.3 is 0 Å². The zero-order chi connectivity index (χ0) is 14.9. The molecule has 0 N–H and O–H groups in total. The number of nitrogens with zero attached hydrogens (tertiary/aromatic N) is 1. The molecule has 2 nitrogen and oxygen atoms in total. The third kappa shape index (κ3) is 2.49. The molecule has 0 spiro atoms. The first-order valence-electron chi connectivity index (χ1n) is 7.01. The van der Waals surface area contributed by atoms with Crippen LogP contribution in [-0.2, 0) is 0 Å². The quantitative estimate of drug-likeness (QED) is 0.467. The second-order valence-electron chi connectivity index (χ2n) is 5.10. The molecule has 4 rings (SSSR count). The summed E-state index contributed by atoms with van der Waals surface area (Å²) in [6, 6.07) is 20.1. The Bertz CT molecular complexity index is 1000. The molecule has 0 atom stereocenters. The molecule has 106 valence electrons. The molecule has 3 aromatic carbocycles. The third-order valence-corrected chi connectivity index (χ3v) is 3.79. The maximum Gasteiger partial charge on any atom is 0.220 e. The molecule has 0 aliphatic carbocycles. The van der Waals surface area contributed by atoms with Crippen LogP contribution in [0.2, 0.25) is 5.02 Å². The molecule has 0 unspecified atom stereocenters. The molecule has 3 heteroatoms. The third-order valence-electron chi connectivity index (χ3n) is 3.56. The van der Waals surface area contributed by atoms with Crippen LogP contribution in [0.5, 0.6) is 0 Å². The predicted octanol–water partition coefficient (Wildman–Crippen LogP) is 5.80. The average molecular weight is 306 g/mol. The number of rotatable bonds is 2. The first-order valence-corrected chi connectivity index (χ1v) is 7.39. The summed E-state index contributed by atoms with van der Waals surface area (Å²) in [5, 5.41) is 3.11. The molecular weight excluding hydrogens is 294 g/mol. The van der Waals surface area contributed by atoms with Gasteiger partial charge in [-0.1, -0.05) is 48.0 Å². The van der Waals surface area contributed by atoms with E-state index < -0.39 is 0 Å². The van der Waals surface area contributed by atoms with Crippen molar-refractivity contribution >= 4 is 45.6 Å². The van der Waals surface area contributed by atoms with Crippen LogP contribution >= 0.6 is 11.6 Å². The Hall–Kier alpha value is -2.58. The van der Waals surface area contributed by atoms with Crippen molar-refractivity contribution in [2.24, 2.45) is 0 Å². The minimum absolute atomic E-state index is 0.574. The molecule has 0 bridgehead atoms. The van der Waals surface area contributed by atoms with Crippen molar-refractivity contribution in [1.29, 1.82) is 0 Å². The highest BCUT2D eigenvalue weighted by Gasteiger charge is 2.03. The van der Waals surface area contributed by atoms with Crippen molar-refractivity contribution in [3.8, 4) is 0 Å². The molecule has 1 aromatic heterocycles. The van der Waals surface area contributed by atoms with E-state index in [0.29, 0.717) is 10.9 Å². The number of fused-ring (bicyclic) bond motifs is 2. The maximum atomic E-state index is 5.96. The zero-order valence-electron chi connectivity index (χ0n) is 11.7. The molecule has 1 heterocycles. The predicted molar refractivity (Wildman–Crippen MR) is 91.9 cm³/mol. The van der Waals surface area contributed by atoms with E-state index in [9.17, 15) is 0 Å². The Labute approximate surface area is 132 Å². The van der Waals surface area contributed by atoms with Crippen molar-refractivity contribution in [3.63, 3.8) is 0 Å². The van der Waals surface area contributed by atoms with Gasteiger partial charge in [0.25, 0.3) is 0 Å². The smallest absolute Gasteiger partial charge is 0.220 e. The van der Waals surface area contributed by atoms with Crippen LogP contribution in [0.15, 0.2) is 65.1 Å². The van der Waals surface area contributed by atoms with Gasteiger partial charge in [0.1, 0.15) is 5.52 Å². The van der Waals surface area contributed by atoms with E-state index in [2.05, 4.69) is 35.3 Å². The summed E-state index contributed by atoms with van der Waals surface area (Å²) in [6.07, 6.45) is 3.87. The Kier molecular flexibility index (Phi) is 3.17. The topological polar surface area (TPSA) is 26.0 Å². The summed E-state index contributed by atoms with van der Waals surface area (Å²) in [7, 11) is 0. The fourth-order valence-corrected chi connectivity index (χ4v) is 2.64. The summed E-state index contributed by atoms with van der Waals surface area (Å²) < 4.78 is 5.68. The maximum absolute atomic E-state index is 5.96. The lowest BCUT2D eigenvalue weighted by Gasteiger charge is -1.98. The van der Waals surface area contributed by atoms with Gasteiger partial charge < -0.3 is 4.42 Å². The standard InChI is InChI=1S/C19H12ClNO/c20-16-8-9-18-17(12-16)21-19(22-18)10-6-13-5-7-14-3-1-2-4-15(14)11-13/h1-12H/b10-6+. The van der Waals surface area contributed by atoms with Gasteiger partial charge in [0, 0.05) is 11.1 Å². The van der Waals surface area contributed by atoms with E-state index in [1.807, 2.05) is 30.4 Å². The average Bonchev–Trinajstić information content (AvgIpc) is 2.94. The first-order chi connectivity index (χ1) is 10.8. The number of benzene rings is 3. The van der Waals surface area contributed by atoms with Gasteiger partial charge in [0.05, 0.1) is 0 Å². The van der Waals surface area contributed by atoms with E-state index in [0.717, 1.165) is 16.7 Å². The van der Waals surface area contributed by atoms with Crippen molar-refractivity contribution in [2.75, 3.05) is 0 Å². The lowest BCUT2D eigenvalue weighted by Crippen LogP contribution is -1.75. The molecular formula is C19H12ClNO. The van der Waals surface area contributed by atoms with Crippen LogP contribution in [0, 0.1) is 0 Å². The highest BCUT2D eigenvalue weighted by atomic mass is 35.5. The number of halogens is 1. The summed E-state index contributed by atoms with van der Waals surface area (Å²) in [4.78, 5) is 4.41. The summed E-state index contributed by atoms with van der Waals surface area (Å²) >= 11 is 5.96. The molecule has 0 saturated carbocycles.